The summed E-state index contributed by atoms with van der Waals surface area (Å²) in [6.07, 6.45) is 0.183. The van der Waals surface area contributed by atoms with Crippen LogP contribution in [-0.4, -0.2) is 34.3 Å². The average molecular weight is 476 g/mol. The Labute approximate surface area is 199 Å². The molecular weight excluding hydrogens is 454 g/mol. The van der Waals surface area contributed by atoms with Gasteiger partial charge in [-0.15, -0.1) is 11.3 Å². The molecule has 0 fully saturated rings. The fourth-order valence-corrected chi connectivity index (χ4v) is 4.50. The molecule has 1 amide bonds. The third-order valence-corrected chi connectivity index (χ3v) is 6.33. The molecule has 0 saturated heterocycles. The van der Waals surface area contributed by atoms with Crippen LogP contribution in [0, 0.1) is 0 Å². The number of ether oxygens (including phenoxy) is 1. The fraction of sp³-hybridized carbons (Fsp3) is 0.0769. The number of para-hydroxylation sites is 1. The standard InChI is InChI=1S/C26H21NO6S/c1-33-23(29)14-17-9-12-22(34-17)19-7-2-3-8-20(19)27-26(32)16-6-4-5-15(13-16)18-10-11-21(28)25(31)24(18)30/h2-13,28,30-31H,14H2,1H3,(H,27,32). The van der Waals surface area contributed by atoms with Gasteiger partial charge in [-0.3, -0.25) is 9.59 Å². The van der Waals surface area contributed by atoms with Gasteiger partial charge in [-0.05, 0) is 48.0 Å². The molecule has 172 valence electrons. The van der Waals surface area contributed by atoms with E-state index in [0.29, 0.717) is 16.8 Å². The van der Waals surface area contributed by atoms with Crippen molar-refractivity contribution in [3.63, 3.8) is 0 Å². The second-order valence-corrected chi connectivity index (χ2v) is 8.60. The van der Waals surface area contributed by atoms with E-state index < -0.39 is 17.2 Å². The number of esters is 1. The minimum Gasteiger partial charge on any atom is -0.504 e. The van der Waals surface area contributed by atoms with E-state index in [1.54, 1.807) is 30.3 Å². The number of phenols is 3. The lowest BCUT2D eigenvalue weighted by Crippen LogP contribution is -2.12. The van der Waals surface area contributed by atoms with Crippen LogP contribution in [0.25, 0.3) is 21.6 Å². The second kappa shape index (κ2) is 9.68. The van der Waals surface area contributed by atoms with Crippen molar-refractivity contribution in [3.05, 3.63) is 83.2 Å². The fourth-order valence-electron chi connectivity index (χ4n) is 3.46. The number of carbonyl (C=O) groups is 2. The Kier molecular flexibility index (Phi) is 6.51. The first-order valence-electron chi connectivity index (χ1n) is 10.3. The average Bonchev–Trinajstić information content (AvgIpc) is 3.31. The molecule has 0 aliphatic rings. The van der Waals surface area contributed by atoms with Crippen molar-refractivity contribution in [2.75, 3.05) is 12.4 Å². The van der Waals surface area contributed by atoms with Crippen molar-refractivity contribution in [2.45, 2.75) is 6.42 Å². The molecule has 8 heteroatoms. The van der Waals surface area contributed by atoms with Gasteiger partial charge in [-0.25, -0.2) is 0 Å². The van der Waals surface area contributed by atoms with Crippen molar-refractivity contribution in [1.82, 2.24) is 0 Å². The van der Waals surface area contributed by atoms with E-state index in [1.807, 2.05) is 30.3 Å². The lowest BCUT2D eigenvalue weighted by atomic mass is 10.0. The molecular formula is C26H21NO6S. The summed E-state index contributed by atoms with van der Waals surface area (Å²) in [4.78, 5) is 26.4. The Morgan fingerprint density at radius 1 is 0.882 bits per heavy atom. The summed E-state index contributed by atoms with van der Waals surface area (Å²) in [6.45, 7) is 0. The molecule has 0 aliphatic heterocycles. The molecule has 0 aliphatic carbocycles. The Hall–Kier alpha value is -4.30. The summed E-state index contributed by atoms with van der Waals surface area (Å²) in [5.41, 5.74) is 2.54. The van der Waals surface area contributed by atoms with Crippen LogP contribution in [0.2, 0.25) is 0 Å². The van der Waals surface area contributed by atoms with Gasteiger partial charge in [0.15, 0.2) is 11.5 Å². The Bertz CT molecular complexity index is 1380. The van der Waals surface area contributed by atoms with Crippen molar-refractivity contribution >= 4 is 28.9 Å². The molecule has 0 spiro atoms. The molecule has 4 aromatic rings. The maximum atomic E-state index is 13.1. The largest absolute Gasteiger partial charge is 0.504 e. The number of aromatic hydroxyl groups is 3. The summed E-state index contributed by atoms with van der Waals surface area (Å²) in [6, 6.07) is 20.4. The first kappa shape index (κ1) is 22.9. The van der Waals surface area contributed by atoms with Gasteiger partial charge >= 0.3 is 5.97 Å². The van der Waals surface area contributed by atoms with E-state index in [1.165, 1.54) is 30.6 Å². The highest BCUT2D eigenvalue weighted by Crippen LogP contribution is 2.42. The highest BCUT2D eigenvalue weighted by Gasteiger charge is 2.16. The molecule has 4 rings (SSSR count). The van der Waals surface area contributed by atoms with Crippen molar-refractivity contribution < 1.29 is 29.6 Å². The number of phenolic OH excluding ortho intramolecular Hbond substituents is 3. The maximum Gasteiger partial charge on any atom is 0.310 e. The Morgan fingerprint density at radius 2 is 1.68 bits per heavy atom. The third-order valence-electron chi connectivity index (χ3n) is 5.21. The van der Waals surface area contributed by atoms with Gasteiger partial charge in [0.25, 0.3) is 5.91 Å². The second-order valence-electron chi connectivity index (χ2n) is 7.43. The number of rotatable bonds is 6. The van der Waals surface area contributed by atoms with Gasteiger partial charge in [0.1, 0.15) is 0 Å². The summed E-state index contributed by atoms with van der Waals surface area (Å²) >= 11 is 1.45. The first-order chi connectivity index (χ1) is 16.4. The van der Waals surface area contributed by atoms with Crippen LogP contribution >= 0.6 is 11.3 Å². The quantitative estimate of drug-likeness (QED) is 0.226. The normalized spacial score (nSPS) is 10.6. The predicted molar refractivity (Wildman–Crippen MR) is 130 cm³/mol. The number of anilines is 1. The number of methoxy groups -OCH3 is 1. The van der Waals surface area contributed by atoms with Crippen LogP contribution in [0.4, 0.5) is 5.69 Å². The van der Waals surface area contributed by atoms with Gasteiger partial charge in [0, 0.05) is 32.1 Å². The maximum absolute atomic E-state index is 13.1. The molecule has 7 nitrogen and oxygen atoms in total. The van der Waals surface area contributed by atoms with Gasteiger partial charge in [-0.1, -0.05) is 30.3 Å². The molecule has 0 bridgehead atoms. The molecule has 0 atom stereocenters. The number of amides is 1. The summed E-state index contributed by atoms with van der Waals surface area (Å²) in [5, 5.41) is 32.5. The number of carbonyl (C=O) groups excluding carboxylic acids is 2. The van der Waals surface area contributed by atoms with E-state index >= 15 is 0 Å². The van der Waals surface area contributed by atoms with E-state index in [9.17, 15) is 24.9 Å². The SMILES string of the molecule is COC(=O)Cc1ccc(-c2ccccc2NC(=O)c2cccc(-c3ccc(O)c(O)c3O)c2)s1. The lowest BCUT2D eigenvalue weighted by Gasteiger charge is -2.12. The number of hydrogen-bond acceptors (Lipinski definition) is 7. The van der Waals surface area contributed by atoms with E-state index in [4.69, 9.17) is 4.74 Å². The van der Waals surface area contributed by atoms with Gasteiger partial charge < -0.3 is 25.4 Å². The van der Waals surface area contributed by atoms with Crippen LogP contribution < -0.4 is 5.32 Å². The van der Waals surface area contributed by atoms with Crippen LogP contribution in [0.5, 0.6) is 17.2 Å². The first-order valence-corrected chi connectivity index (χ1v) is 11.1. The van der Waals surface area contributed by atoms with Crippen molar-refractivity contribution in [1.29, 1.82) is 0 Å². The summed E-state index contributed by atoms with van der Waals surface area (Å²) in [5.74, 6) is -2.20. The minimum absolute atomic E-state index is 0.183. The molecule has 3 aromatic carbocycles. The zero-order valence-corrected chi connectivity index (χ0v) is 18.9. The Balaban J connectivity index is 1.60. The van der Waals surface area contributed by atoms with E-state index in [-0.39, 0.29) is 23.9 Å². The van der Waals surface area contributed by atoms with Crippen LogP contribution in [0.15, 0.2) is 72.8 Å². The van der Waals surface area contributed by atoms with Gasteiger partial charge in [0.2, 0.25) is 5.75 Å². The highest BCUT2D eigenvalue weighted by atomic mass is 32.1. The third kappa shape index (κ3) is 4.72. The smallest absolute Gasteiger partial charge is 0.310 e. The Morgan fingerprint density at radius 3 is 2.47 bits per heavy atom. The highest BCUT2D eigenvalue weighted by molar-refractivity contribution is 7.15. The number of nitrogens with one attached hydrogen (secondary N) is 1. The lowest BCUT2D eigenvalue weighted by molar-refractivity contribution is -0.139. The number of thiophene rings is 1. The molecule has 0 saturated carbocycles. The number of benzene rings is 3. The van der Waals surface area contributed by atoms with Crippen LogP contribution in [0.1, 0.15) is 15.2 Å². The molecule has 1 heterocycles. The molecule has 4 N–H and O–H groups in total. The van der Waals surface area contributed by atoms with E-state index in [0.717, 1.165) is 15.3 Å². The van der Waals surface area contributed by atoms with Gasteiger partial charge in [0.05, 0.1) is 13.5 Å². The zero-order chi connectivity index (χ0) is 24.2. The van der Waals surface area contributed by atoms with Crippen LogP contribution in [0.3, 0.4) is 0 Å². The van der Waals surface area contributed by atoms with E-state index in [2.05, 4.69) is 5.32 Å². The summed E-state index contributed by atoms with van der Waals surface area (Å²) < 4.78 is 4.72. The minimum atomic E-state index is -0.621. The zero-order valence-electron chi connectivity index (χ0n) is 18.1. The molecule has 1 aromatic heterocycles. The van der Waals surface area contributed by atoms with Crippen LogP contribution in [-0.2, 0) is 16.0 Å². The molecule has 34 heavy (non-hydrogen) atoms. The predicted octanol–water partition coefficient (Wildman–Crippen LogP) is 5.17. The van der Waals surface area contributed by atoms with Crippen molar-refractivity contribution in [2.24, 2.45) is 0 Å². The monoisotopic (exact) mass is 475 g/mol. The molecule has 0 radical (unpaired) electrons. The van der Waals surface area contributed by atoms with Gasteiger partial charge in [-0.2, -0.15) is 0 Å². The topological polar surface area (TPSA) is 116 Å². The number of hydrogen-bond donors (Lipinski definition) is 4. The van der Waals surface area contributed by atoms with Crippen molar-refractivity contribution in [3.8, 4) is 38.8 Å². The molecule has 0 unspecified atom stereocenters. The summed E-state index contributed by atoms with van der Waals surface area (Å²) in [7, 11) is 1.35.